The molecular weight excluding hydrogens is 294 g/mol. The number of benzene rings is 1. The number of nitrogens with one attached hydrogen (secondary N) is 2. The maximum atomic E-state index is 6.51. The first-order chi connectivity index (χ1) is 10.6. The monoisotopic (exact) mass is 311 g/mol. The van der Waals surface area contributed by atoms with Gasteiger partial charge in [0, 0.05) is 35.1 Å². The van der Waals surface area contributed by atoms with Crippen molar-refractivity contribution in [3.8, 4) is 11.3 Å². The summed E-state index contributed by atoms with van der Waals surface area (Å²) in [5, 5.41) is 5.24. The van der Waals surface area contributed by atoms with Crippen LogP contribution in [0.4, 0.5) is 5.69 Å². The lowest BCUT2D eigenvalue weighted by atomic mass is 10.1. The number of halogens is 1. The summed E-state index contributed by atoms with van der Waals surface area (Å²) < 4.78 is 0. The first-order valence-electron chi connectivity index (χ1n) is 7.68. The first kappa shape index (κ1) is 13.6. The van der Waals surface area contributed by atoms with Crippen molar-refractivity contribution in [3.63, 3.8) is 0 Å². The Morgan fingerprint density at radius 1 is 1.18 bits per heavy atom. The molecule has 0 spiro atoms. The fourth-order valence-electron chi connectivity index (χ4n) is 3.00. The second-order valence-electron chi connectivity index (χ2n) is 6.17. The van der Waals surface area contributed by atoms with E-state index >= 15 is 0 Å². The highest BCUT2D eigenvalue weighted by Crippen LogP contribution is 2.34. The lowest BCUT2D eigenvalue weighted by Gasteiger charge is -2.07. The third kappa shape index (κ3) is 2.17. The Morgan fingerprint density at radius 2 is 2.05 bits per heavy atom. The Morgan fingerprint density at radius 3 is 2.86 bits per heavy atom. The third-order valence-corrected chi connectivity index (χ3v) is 4.59. The second kappa shape index (κ2) is 5.03. The van der Waals surface area contributed by atoms with Crippen molar-refractivity contribution in [3.05, 3.63) is 46.7 Å². The number of aromatic nitrogens is 2. The van der Waals surface area contributed by atoms with Crippen LogP contribution in [0.2, 0.25) is 5.02 Å². The molecule has 112 valence electrons. The third-order valence-electron chi connectivity index (χ3n) is 4.28. The number of hydrogen-bond acceptors (Lipinski definition) is 2. The largest absolute Gasteiger partial charge is 0.383 e. The van der Waals surface area contributed by atoms with Gasteiger partial charge in [0.05, 0.1) is 22.1 Å². The van der Waals surface area contributed by atoms with E-state index in [4.69, 9.17) is 16.6 Å². The molecule has 3 nitrogen and oxygen atoms in total. The minimum Gasteiger partial charge on any atom is -0.383 e. The van der Waals surface area contributed by atoms with Gasteiger partial charge in [0.15, 0.2) is 0 Å². The van der Waals surface area contributed by atoms with Crippen LogP contribution in [-0.2, 0) is 6.42 Å². The van der Waals surface area contributed by atoms with Crippen molar-refractivity contribution < 1.29 is 0 Å². The van der Waals surface area contributed by atoms with Gasteiger partial charge >= 0.3 is 0 Å². The number of H-pyrrole nitrogens is 1. The zero-order chi connectivity index (χ0) is 15.3. The molecule has 0 atom stereocenters. The lowest BCUT2D eigenvalue weighted by molar-refractivity contribution is 0.836. The van der Waals surface area contributed by atoms with Gasteiger partial charge in [-0.3, -0.25) is 4.98 Å². The van der Waals surface area contributed by atoms with E-state index < -0.39 is 0 Å². The molecule has 3 aromatic rings. The van der Waals surface area contributed by atoms with E-state index in [0.29, 0.717) is 5.92 Å². The van der Waals surface area contributed by atoms with Crippen LogP contribution < -0.4 is 5.32 Å². The van der Waals surface area contributed by atoms with Crippen molar-refractivity contribution in [1.29, 1.82) is 0 Å². The molecule has 1 aliphatic rings. The zero-order valence-electron chi connectivity index (χ0n) is 12.7. The predicted molar refractivity (Wildman–Crippen MR) is 92.8 cm³/mol. The lowest BCUT2D eigenvalue weighted by Crippen LogP contribution is -1.90. The van der Waals surface area contributed by atoms with Gasteiger partial charge in [0.2, 0.25) is 0 Å². The van der Waals surface area contributed by atoms with Gasteiger partial charge in [-0.25, -0.2) is 0 Å². The van der Waals surface area contributed by atoms with Crippen LogP contribution in [0.3, 0.4) is 0 Å². The summed E-state index contributed by atoms with van der Waals surface area (Å²) in [7, 11) is 0. The molecule has 4 rings (SSSR count). The number of nitrogens with zero attached hydrogens (tertiary/aromatic N) is 1. The summed E-state index contributed by atoms with van der Waals surface area (Å²) in [6.07, 6.45) is 0.975. The van der Waals surface area contributed by atoms with E-state index in [1.54, 1.807) is 0 Å². The predicted octanol–water partition coefficient (Wildman–Crippen LogP) is 4.97. The molecule has 0 fully saturated rings. The molecule has 2 aromatic heterocycles. The molecule has 22 heavy (non-hydrogen) atoms. The second-order valence-corrected chi connectivity index (χ2v) is 6.57. The van der Waals surface area contributed by atoms with Crippen molar-refractivity contribution in [2.24, 2.45) is 0 Å². The van der Waals surface area contributed by atoms with Crippen molar-refractivity contribution in [2.75, 3.05) is 11.9 Å². The Hall–Kier alpha value is -2.00. The topological polar surface area (TPSA) is 40.7 Å². The molecule has 0 radical (unpaired) electrons. The van der Waals surface area contributed by atoms with Crippen molar-refractivity contribution >= 4 is 28.2 Å². The number of anilines is 1. The Kier molecular flexibility index (Phi) is 3.12. The SMILES string of the molecule is CC(C)c1cc2cc(Cl)c(-c3ccc4c(n3)CCN4)cc2[nH]1. The molecule has 0 amide bonds. The van der Waals surface area contributed by atoms with Crippen molar-refractivity contribution in [1.82, 2.24) is 9.97 Å². The number of aromatic amines is 1. The van der Waals surface area contributed by atoms with E-state index in [0.717, 1.165) is 51.5 Å². The van der Waals surface area contributed by atoms with Crippen LogP contribution in [-0.4, -0.2) is 16.5 Å². The van der Waals surface area contributed by atoms with Crippen LogP contribution in [0.15, 0.2) is 30.3 Å². The molecule has 0 aliphatic carbocycles. The van der Waals surface area contributed by atoms with Crippen molar-refractivity contribution in [2.45, 2.75) is 26.2 Å². The summed E-state index contributed by atoms with van der Waals surface area (Å²) in [5.74, 6) is 0.471. The van der Waals surface area contributed by atoms with Gasteiger partial charge in [0.1, 0.15) is 0 Å². The summed E-state index contributed by atoms with van der Waals surface area (Å²) in [6, 6.07) is 10.5. The highest BCUT2D eigenvalue weighted by atomic mass is 35.5. The molecule has 4 heteroatoms. The van der Waals surface area contributed by atoms with Gasteiger partial charge in [0.25, 0.3) is 0 Å². The number of pyridine rings is 1. The fourth-order valence-corrected chi connectivity index (χ4v) is 3.27. The van der Waals surface area contributed by atoms with E-state index in [-0.39, 0.29) is 0 Å². The van der Waals surface area contributed by atoms with Gasteiger partial charge in [-0.1, -0.05) is 25.4 Å². The number of rotatable bonds is 2. The quantitative estimate of drug-likeness (QED) is 0.701. The molecule has 1 aromatic carbocycles. The summed E-state index contributed by atoms with van der Waals surface area (Å²) in [6.45, 7) is 5.33. The molecule has 3 heterocycles. The molecule has 1 aliphatic heterocycles. The zero-order valence-corrected chi connectivity index (χ0v) is 13.5. The Bertz CT molecular complexity index is 864. The van der Waals surface area contributed by atoms with Crippen LogP contribution in [0, 0.1) is 0 Å². The van der Waals surface area contributed by atoms with Crippen LogP contribution in [0.1, 0.15) is 31.2 Å². The smallest absolute Gasteiger partial charge is 0.0722 e. The Balaban J connectivity index is 1.85. The minimum atomic E-state index is 0.471. The molecule has 0 saturated heterocycles. The minimum absolute atomic E-state index is 0.471. The number of fused-ring (bicyclic) bond motifs is 2. The van der Waals surface area contributed by atoms with Gasteiger partial charge in [-0.05, 0) is 36.2 Å². The summed E-state index contributed by atoms with van der Waals surface area (Å²) in [5.41, 5.74) is 6.54. The average Bonchev–Trinajstić information content (AvgIpc) is 3.11. The van der Waals surface area contributed by atoms with E-state index in [1.165, 1.54) is 5.69 Å². The van der Waals surface area contributed by atoms with E-state index in [9.17, 15) is 0 Å². The number of hydrogen-bond donors (Lipinski definition) is 2. The molecule has 0 saturated carbocycles. The van der Waals surface area contributed by atoms with Gasteiger partial charge < -0.3 is 10.3 Å². The maximum Gasteiger partial charge on any atom is 0.0722 e. The molecule has 0 unspecified atom stereocenters. The summed E-state index contributed by atoms with van der Waals surface area (Å²) in [4.78, 5) is 8.26. The van der Waals surface area contributed by atoms with Gasteiger partial charge in [-0.2, -0.15) is 0 Å². The van der Waals surface area contributed by atoms with Gasteiger partial charge in [-0.15, -0.1) is 0 Å². The average molecular weight is 312 g/mol. The Labute approximate surface area is 134 Å². The summed E-state index contributed by atoms with van der Waals surface area (Å²) >= 11 is 6.51. The van der Waals surface area contributed by atoms with E-state index in [2.05, 4.69) is 42.3 Å². The fraction of sp³-hybridized carbons (Fsp3) is 0.278. The molecular formula is C18H18ClN3. The molecule has 2 N–H and O–H groups in total. The standard InChI is InChI=1S/C18H18ClN3/c1-10(2)17-8-11-7-13(19)12(9-18(11)22-17)14-3-4-15-16(21-14)5-6-20-15/h3-4,7-10,20,22H,5-6H2,1-2H3. The highest BCUT2D eigenvalue weighted by Gasteiger charge is 2.15. The van der Waals surface area contributed by atoms with Crippen LogP contribution in [0.5, 0.6) is 0 Å². The van der Waals surface area contributed by atoms with Crippen LogP contribution >= 0.6 is 11.6 Å². The maximum absolute atomic E-state index is 6.51. The highest BCUT2D eigenvalue weighted by molar-refractivity contribution is 6.34. The first-order valence-corrected chi connectivity index (χ1v) is 8.06. The van der Waals surface area contributed by atoms with Crippen LogP contribution in [0.25, 0.3) is 22.2 Å². The normalized spacial score (nSPS) is 13.6. The molecule has 0 bridgehead atoms. The van der Waals surface area contributed by atoms with E-state index in [1.807, 2.05) is 12.1 Å².